The van der Waals surface area contributed by atoms with E-state index in [4.69, 9.17) is 0 Å². The fourth-order valence-electron chi connectivity index (χ4n) is 1.75. The fourth-order valence-corrected chi connectivity index (χ4v) is 1.75. The van der Waals surface area contributed by atoms with E-state index in [-0.39, 0.29) is 12.5 Å². The van der Waals surface area contributed by atoms with Crippen molar-refractivity contribution < 1.29 is 22.7 Å². The Morgan fingerprint density at radius 2 is 1.91 bits per heavy atom. The van der Waals surface area contributed by atoms with Crippen LogP contribution in [0.2, 0.25) is 0 Å². The second-order valence-corrected chi connectivity index (χ2v) is 5.07. The van der Waals surface area contributed by atoms with Crippen molar-refractivity contribution in [3.05, 3.63) is 29.8 Å². The Bertz CT molecular complexity index is 475. The van der Waals surface area contributed by atoms with Crippen LogP contribution in [0.1, 0.15) is 24.2 Å². The normalized spacial score (nSPS) is 12.8. The van der Waals surface area contributed by atoms with Crippen LogP contribution in [0.5, 0.6) is 0 Å². The monoisotopic (exact) mass is 318 g/mol. The third-order valence-corrected chi connectivity index (χ3v) is 3.06. The summed E-state index contributed by atoms with van der Waals surface area (Å²) in [6.45, 7) is 2.95. The number of carbonyl (C=O) groups is 1. The predicted octanol–water partition coefficient (Wildman–Crippen LogP) is 2.84. The van der Waals surface area contributed by atoms with Crippen LogP contribution in [0.25, 0.3) is 0 Å². The van der Waals surface area contributed by atoms with Crippen molar-refractivity contribution in [1.29, 1.82) is 0 Å². The molecule has 7 heteroatoms. The molecule has 0 aliphatic rings. The van der Waals surface area contributed by atoms with E-state index in [0.29, 0.717) is 5.56 Å². The van der Waals surface area contributed by atoms with Gasteiger partial charge in [0.2, 0.25) is 0 Å². The van der Waals surface area contributed by atoms with Crippen LogP contribution >= 0.6 is 0 Å². The lowest BCUT2D eigenvalue weighted by Gasteiger charge is -2.18. The van der Waals surface area contributed by atoms with Gasteiger partial charge in [-0.1, -0.05) is 0 Å². The maximum atomic E-state index is 12.0. The number of carbonyl (C=O) groups excluding carboxylic acids is 1. The smallest absolute Gasteiger partial charge is 0.375 e. The summed E-state index contributed by atoms with van der Waals surface area (Å²) in [5.74, 6) is -0.339. The molecule has 0 aliphatic heterocycles. The van der Waals surface area contributed by atoms with Gasteiger partial charge in [0, 0.05) is 30.9 Å². The van der Waals surface area contributed by atoms with Crippen LogP contribution in [-0.4, -0.2) is 44.9 Å². The van der Waals surface area contributed by atoms with Crippen LogP contribution < -0.4 is 10.2 Å². The number of nitrogens with zero attached hydrogens (tertiary/aromatic N) is 1. The predicted molar refractivity (Wildman–Crippen MR) is 79.2 cm³/mol. The molecule has 1 rings (SSSR count). The number of hydrogen-bond donors (Lipinski definition) is 1. The van der Waals surface area contributed by atoms with Gasteiger partial charge in [0.15, 0.2) is 0 Å². The third-order valence-electron chi connectivity index (χ3n) is 3.06. The first-order chi connectivity index (χ1) is 10.2. The maximum absolute atomic E-state index is 12.0. The van der Waals surface area contributed by atoms with Crippen molar-refractivity contribution in [2.24, 2.45) is 0 Å². The Hall–Kier alpha value is -1.76. The Labute approximate surface area is 128 Å². The summed E-state index contributed by atoms with van der Waals surface area (Å²) in [5, 5.41) is 2.60. The van der Waals surface area contributed by atoms with Gasteiger partial charge in [-0.05, 0) is 38.1 Å². The van der Waals surface area contributed by atoms with Gasteiger partial charge in [-0.25, -0.2) is 0 Å². The summed E-state index contributed by atoms with van der Waals surface area (Å²) >= 11 is 0. The van der Waals surface area contributed by atoms with Crippen molar-refractivity contribution in [2.75, 3.05) is 31.7 Å². The quantitative estimate of drug-likeness (QED) is 0.840. The minimum atomic E-state index is -4.36. The molecule has 0 radical (unpaired) electrons. The lowest BCUT2D eigenvalue weighted by Crippen LogP contribution is -2.36. The molecule has 0 spiro atoms. The van der Waals surface area contributed by atoms with Gasteiger partial charge in [0.25, 0.3) is 5.91 Å². The standard InChI is InChI=1S/C15H21F3N2O2/c1-4-20(3)13-7-5-12(6-8-13)14(21)19-11(2)9-22-10-15(16,17)18/h5-8,11H,4,9-10H2,1-3H3,(H,19,21). The lowest BCUT2D eigenvalue weighted by molar-refractivity contribution is -0.174. The molecule has 124 valence electrons. The van der Waals surface area contributed by atoms with E-state index in [1.165, 1.54) is 0 Å². The van der Waals surface area contributed by atoms with E-state index in [1.54, 1.807) is 19.1 Å². The Morgan fingerprint density at radius 3 is 2.41 bits per heavy atom. The molecule has 1 N–H and O–H groups in total. The number of anilines is 1. The number of halogens is 3. The summed E-state index contributed by atoms with van der Waals surface area (Å²) in [6.07, 6.45) is -4.36. The van der Waals surface area contributed by atoms with Crippen molar-refractivity contribution in [3.8, 4) is 0 Å². The van der Waals surface area contributed by atoms with Gasteiger partial charge < -0.3 is 15.0 Å². The summed E-state index contributed by atoms with van der Waals surface area (Å²) in [7, 11) is 1.94. The summed E-state index contributed by atoms with van der Waals surface area (Å²) in [6, 6.07) is 6.50. The zero-order valence-corrected chi connectivity index (χ0v) is 12.9. The first kappa shape index (κ1) is 18.3. The number of ether oxygens (including phenoxy) is 1. The fraction of sp³-hybridized carbons (Fsp3) is 0.533. The Balaban J connectivity index is 2.47. The van der Waals surface area contributed by atoms with Crippen LogP contribution in [0, 0.1) is 0 Å². The van der Waals surface area contributed by atoms with Crippen LogP contribution in [0.3, 0.4) is 0 Å². The molecular formula is C15H21F3N2O2. The average Bonchev–Trinajstić information content (AvgIpc) is 2.45. The molecule has 0 aliphatic carbocycles. The Morgan fingerprint density at radius 1 is 1.32 bits per heavy atom. The number of alkyl halides is 3. The van der Waals surface area contributed by atoms with Crippen LogP contribution in [-0.2, 0) is 4.74 Å². The molecule has 0 saturated heterocycles. The van der Waals surface area contributed by atoms with E-state index in [1.807, 2.05) is 31.0 Å². The minimum Gasteiger partial charge on any atom is -0.375 e. The Kier molecular flexibility index (Phi) is 6.67. The molecule has 1 unspecified atom stereocenters. The second-order valence-electron chi connectivity index (χ2n) is 5.07. The van der Waals surface area contributed by atoms with Crippen molar-refractivity contribution in [3.63, 3.8) is 0 Å². The number of amides is 1. The molecule has 0 heterocycles. The molecule has 0 saturated carbocycles. The zero-order chi connectivity index (χ0) is 16.8. The summed E-state index contributed by atoms with van der Waals surface area (Å²) < 4.78 is 40.4. The lowest BCUT2D eigenvalue weighted by atomic mass is 10.1. The maximum Gasteiger partial charge on any atom is 0.411 e. The van der Waals surface area contributed by atoms with Crippen molar-refractivity contribution in [1.82, 2.24) is 5.32 Å². The number of benzene rings is 1. The number of hydrogen-bond acceptors (Lipinski definition) is 3. The van der Waals surface area contributed by atoms with Gasteiger partial charge in [-0.3, -0.25) is 4.79 Å². The molecule has 0 bridgehead atoms. The van der Waals surface area contributed by atoms with Gasteiger partial charge in [0.05, 0.1) is 6.61 Å². The van der Waals surface area contributed by atoms with E-state index < -0.39 is 18.8 Å². The van der Waals surface area contributed by atoms with E-state index in [2.05, 4.69) is 10.1 Å². The topological polar surface area (TPSA) is 41.6 Å². The van der Waals surface area contributed by atoms with E-state index in [9.17, 15) is 18.0 Å². The minimum absolute atomic E-state index is 0.193. The van der Waals surface area contributed by atoms with Gasteiger partial charge in [-0.2, -0.15) is 13.2 Å². The van der Waals surface area contributed by atoms with Crippen LogP contribution in [0.15, 0.2) is 24.3 Å². The average molecular weight is 318 g/mol. The van der Waals surface area contributed by atoms with E-state index >= 15 is 0 Å². The molecule has 1 atom stereocenters. The molecular weight excluding hydrogens is 297 g/mol. The highest BCUT2D eigenvalue weighted by Crippen LogP contribution is 2.15. The largest absolute Gasteiger partial charge is 0.411 e. The first-order valence-electron chi connectivity index (χ1n) is 6.99. The molecule has 4 nitrogen and oxygen atoms in total. The van der Waals surface area contributed by atoms with Crippen molar-refractivity contribution in [2.45, 2.75) is 26.1 Å². The molecule has 0 fully saturated rings. The molecule has 1 aromatic rings. The highest BCUT2D eigenvalue weighted by molar-refractivity contribution is 5.94. The highest BCUT2D eigenvalue weighted by atomic mass is 19.4. The second kappa shape index (κ2) is 8.03. The molecule has 1 aromatic carbocycles. The summed E-state index contributed by atoms with van der Waals surface area (Å²) in [5.41, 5.74) is 1.44. The van der Waals surface area contributed by atoms with Crippen molar-refractivity contribution >= 4 is 11.6 Å². The SMILES string of the molecule is CCN(C)c1ccc(C(=O)NC(C)COCC(F)(F)F)cc1. The first-order valence-corrected chi connectivity index (χ1v) is 6.99. The van der Waals surface area contributed by atoms with Gasteiger partial charge in [0.1, 0.15) is 6.61 Å². The molecule has 22 heavy (non-hydrogen) atoms. The third kappa shape index (κ3) is 6.34. The number of rotatable bonds is 7. The van der Waals surface area contributed by atoms with Gasteiger partial charge >= 0.3 is 6.18 Å². The molecule has 1 amide bonds. The van der Waals surface area contributed by atoms with Gasteiger partial charge in [-0.15, -0.1) is 0 Å². The summed E-state index contributed by atoms with van der Waals surface area (Å²) in [4.78, 5) is 14.0. The number of nitrogens with one attached hydrogen (secondary N) is 1. The zero-order valence-electron chi connectivity index (χ0n) is 12.9. The molecule has 0 aromatic heterocycles. The van der Waals surface area contributed by atoms with E-state index in [0.717, 1.165) is 12.2 Å². The van der Waals surface area contributed by atoms with Crippen LogP contribution in [0.4, 0.5) is 18.9 Å². The highest BCUT2D eigenvalue weighted by Gasteiger charge is 2.27.